The van der Waals surface area contributed by atoms with Crippen LogP contribution in [0.4, 0.5) is 10.2 Å². The molecule has 1 aliphatic rings. The monoisotopic (exact) mass is 777 g/mol. The van der Waals surface area contributed by atoms with Crippen LogP contribution in [0.2, 0.25) is 0 Å². The van der Waals surface area contributed by atoms with Gasteiger partial charge in [-0.15, -0.1) is 0 Å². The smallest absolute Gasteiger partial charge is 0.387 e. The minimum absolute atomic E-state index is 0.0103. The Kier molecular flexibility index (Phi) is 17.7. The number of fused-ring (bicyclic) bond motifs is 1. The van der Waals surface area contributed by atoms with E-state index in [-0.39, 0.29) is 24.6 Å². The first-order valence-electron chi connectivity index (χ1n) is 19.1. The minimum atomic E-state index is -4.92. The number of phosphoric acid groups is 1. The SMILES string of the molecule is CCCCCCCCCCCCCCCCOC[C@H](COP(=O)(O)O[C@H]1O[C@@](C)(c2ccc3c(N)ncnn23)[C@H](O)[C@@H]1O)OCc1ccc(F)c(C#N)c1. The van der Waals surface area contributed by atoms with Gasteiger partial charge in [-0.1, -0.05) is 96.5 Å². The van der Waals surface area contributed by atoms with Gasteiger partial charge >= 0.3 is 7.82 Å². The van der Waals surface area contributed by atoms with Crippen LogP contribution in [0.15, 0.2) is 36.7 Å². The summed E-state index contributed by atoms with van der Waals surface area (Å²) in [5, 5.41) is 35.1. The molecule has 0 amide bonds. The van der Waals surface area contributed by atoms with E-state index in [0.29, 0.717) is 23.4 Å². The summed E-state index contributed by atoms with van der Waals surface area (Å²) >= 11 is 0. The molecule has 0 spiro atoms. The van der Waals surface area contributed by atoms with Gasteiger partial charge in [-0.05, 0) is 43.2 Å². The third-order valence-electron chi connectivity index (χ3n) is 9.76. The van der Waals surface area contributed by atoms with E-state index in [4.69, 9.17) is 29.0 Å². The third kappa shape index (κ3) is 12.8. The van der Waals surface area contributed by atoms with Gasteiger partial charge in [-0.25, -0.2) is 18.5 Å². The summed E-state index contributed by atoms with van der Waals surface area (Å²) in [4.78, 5) is 14.6. The number of hydrogen-bond donors (Lipinski definition) is 4. The van der Waals surface area contributed by atoms with E-state index in [1.807, 2.05) is 0 Å². The van der Waals surface area contributed by atoms with Crippen molar-refractivity contribution in [2.45, 2.75) is 141 Å². The van der Waals surface area contributed by atoms with Crippen molar-refractivity contribution < 1.29 is 47.3 Å². The molecule has 3 heterocycles. The van der Waals surface area contributed by atoms with Crippen LogP contribution in [0, 0.1) is 17.1 Å². The number of ether oxygens (including phenoxy) is 3. The molecule has 0 radical (unpaired) electrons. The fourth-order valence-corrected chi connectivity index (χ4v) is 7.38. The topological polar surface area (TPSA) is 204 Å². The van der Waals surface area contributed by atoms with Crippen LogP contribution >= 0.6 is 7.82 Å². The molecule has 6 atom stereocenters. The lowest BCUT2D eigenvalue weighted by Crippen LogP contribution is -2.39. The zero-order chi connectivity index (χ0) is 39.0. The zero-order valence-electron chi connectivity index (χ0n) is 31.5. The normalized spacial score (nSPS) is 21.7. The molecule has 54 heavy (non-hydrogen) atoms. The summed E-state index contributed by atoms with van der Waals surface area (Å²) in [5.41, 5.74) is 5.40. The van der Waals surface area contributed by atoms with Gasteiger partial charge in [-0.3, -0.25) is 9.05 Å². The van der Waals surface area contributed by atoms with Crippen LogP contribution in [0.1, 0.15) is 121 Å². The second-order valence-electron chi connectivity index (χ2n) is 14.1. The number of aliphatic hydroxyl groups is 2. The van der Waals surface area contributed by atoms with Gasteiger partial charge in [0.1, 0.15) is 47.6 Å². The number of benzene rings is 1. The average Bonchev–Trinajstić information content (AvgIpc) is 3.69. The van der Waals surface area contributed by atoms with Gasteiger partial charge in [0.05, 0.1) is 31.1 Å². The number of nitrogens with two attached hydrogens (primary N) is 1. The second-order valence-corrected chi connectivity index (χ2v) is 15.5. The van der Waals surface area contributed by atoms with E-state index in [9.17, 15) is 29.3 Å². The van der Waals surface area contributed by atoms with Crippen molar-refractivity contribution in [3.63, 3.8) is 0 Å². The Balaban J connectivity index is 1.24. The molecular formula is C38H57FN5O9P. The number of unbranched alkanes of at least 4 members (excludes halogenated alkanes) is 13. The van der Waals surface area contributed by atoms with E-state index in [0.717, 1.165) is 19.3 Å². The molecule has 1 fully saturated rings. The number of aliphatic hydroxyl groups excluding tert-OH is 2. The Bertz CT molecular complexity index is 1680. The molecule has 1 aliphatic heterocycles. The first-order chi connectivity index (χ1) is 26.0. The number of nitriles is 1. The zero-order valence-corrected chi connectivity index (χ0v) is 32.4. The quantitative estimate of drug-likeness (QED) is 0.0488. The van der Waals surface area contributed by atoms with Crippen molar-refractivity contribution in [1.29, 1.82) is 5.26 Å². The predicted octanol–water partition coefficient (Wildman–Crippen LogP) is 6.83. The van der Waals surface area contributed by atoms with Gasteiger partial charge in [-0.2, -0.15) is 10.4 Å². The number of aromatic nitrogens is 3. The van der Waals surface area contributed by atoms with Crippen LogP contribution in [-0.4, -0.2) is 74.1 Å². The maximum atomic E-state index is 13.9. The van der Waals surface area contributed by atoms with Crippen molar-refractivity contribution in [1.82, 2.24) is 14.6 Å². The van der Waals surface area contributed by atoms with Gasteiger partial charge in [0, 0.05) is 6.61 Å². The van der Waals surface area contributed by atoms with E-state index in [2.05, 4.69) is 17.0 Å². The maximum Gasteiger partial charge on any atom is 0.474 e. The summed E-state index contributed by atoms with van der Waals surface area (Å²) in [6.45, 7) is 3.66. The minimum Gasteiger partial charge on any atom is -0.387 e. The van der Waals surface area contributed by atoms with Crippen molar-refractivity contribution in [3.8, 4) is 6.07 Å². The molecule has 3 aromatic rings. The van der Waals surface area contributed by atoms with Crippen molar-refractivity contribution in [3.05, 3.63) is 59.3 Å². The lowest BCUT2D eigenvalue weighted by Gasteiger charge is -2.27. The molecule has 1 aromatic carbocycles. The van der Waals surface area contributed by atoms with Crippen molar-refractivity contribution in [2.24, 2.45) is 0 Å². The molecule has 300 valence electrons. The fourth-order valence-electron chi connectivity index (χ4n) is 6.54. The molecule has 1 saturated heterocycles. The molecule has 0 aliphatic carbocycles. The predicted molar refractivity (Wildman–Crippen MR) is 199 cm³/mol. The largest absolute Gasteiger partial charge is 0.474 e. The van der Waals surface area contributed by atoms with Crippen molar-refractivity contribution >= 4 is 19.2 Å². The highest BCUT2D eigenvalue weighted by atomic mass is 31.2. The molecule has 1 unspecified atom stereocenters. The number of phosphoric ester groups is 1. The Morgan fingerprint density at radius 3 is 2.31 bits per heavy atom. The van der Waals surface area contributed by atoms with E-state index < -0.39 is 50.4 Å². The van der Waals surface area contributed by atoms with E-state index >= 15 is 0 Å². The van der Waals surface area contributed by atoms with Crippen LogP contribution < -0.4 is 5.73 Å². The number of rotatable bonds is 26. The first kappa shape index (κ1) is 43.7. The van der Waals surface area contributed by atoms with Crippen LogP contribution in [0.25, 0.3) is 5.52 Å². The van der Waals surface area contributed by atoms with Crippen molar-refractivity contribution in [2.75, 3.05) is 25.6 Å². The van der Waals surface area contributed by atoms with Gasteiger partial charge in [0.25, 0.3) is 0 Å². The van der Waals surface area contributed by atoms with Gasteiger partial charge in [0.2, 0.25) is 0 Å². The molecule has 0 saturated carbocycles. The second kappa shape index (κ2) is 21.9. The molecule has 14 nitrogen and oxygen atoms in total. The number of nitrogen functional groups attached to an aromatic ring is 1. The van der Waals surface area contributed by atoms with Gasteiger partial charge in [0.15, 0.2) is 12.1 Å². The highest BCUT2D eigenvalue weighted by Gasteiger charge is 2.56. The number of nitrogens with zero attached hydrogens (tertiary/aromatic N) is 4. The summed E-state index contributed by atoms with van der Waals surface area (Å²) < 4.78 is 56.5. The molecule has 0 bridgehead atoms. The van der Waals surface area contributed by atoms with E-state index in [1.54, 1.807) is 18.2 Å². The standard InChI is InChI=1S/C38H57FN5O9P/c1-3-4-5-6-7-8-9-10-11-12-13-14-15-16-21-49-25-30(50-24-28-17-18-31(39)29(22-28)23-40)26-51-54(47,48)53-37-34(45)35(46)38(2,52-37)33-20-19-32-36(41)42-27-43-44(32)33/h17-20,22,27,30,34-35,37,45-46H,3-16,21,24-26H2,1-2H3,(H,47,48)(H2,41,42,43)/t30-,34+,35-,37-,38+/m1/s1. The Morgan fingerprint density at radius 1 is 1.02 bits per heavy atom. The Hall–Kier alpha value is -3.03. The molecular weight excluding hydrogens is 720 g/mol. The fraction of sp³-hybridized carbons (Fsp3) is 0.658. The summed E-state index contributed by atoms with van der Waals surface area (Å²) in [7, 11) is -4.92. The number of hydrogen-bond acceptors (Lipinski definition) is 12. The lowest BCUT2D eigenvalue weighted by molar-refractivity contribution is -0.157. The van der Waals surface area contributed by atoms with Crippen LogP contribution in [-0.2, 0) is 40.0 Å². The summed E-state index contributed by atoms with van der Waals surface area (Å²) in [6.07, 6.45) is 12.6. The molecule has 2 aromatic heterocycles. The number of anilines is 1. The lowest BCUT2D eigenvalue weighted by atomic mass is 9.94. The summed E-state index contributed by atoms with van der Waals surface area (Å²) in [5.74, 6) is -0.477. The highest BCUT2D eigenvalue weighted by molar-refractivity contribution is 7.47. The van der Waals surface area contributed by atoms with Gasteiger partial charge < -0.3 is 35.1 Å². The van der Waals surface area contributed by atoms with Crippen LogP contribution in [0.3, 0.4) is 0 Å². The third-order valence-corrected chi connectivity index (χ3v) is 10.7. The average molecular weight is 778 g/mol. The maximum absolute atomic E-state index is 13.9. The van der Waals surface area contributed by atoms with Crippen LogP contribution in [0.5, 0.6) is 0 Å². The highest BCUT2D eigenvalue weighted by Crippen LogP contribution is 2.50. The molecule has 16 heteroatoms. The Morgan fingerprint density at radius 2 is 1.67 bits per heavy atom. The number of halogens is 1. The molecule has 5 N–H and O–H groups in total. The summed E-state index contributed by atoms with van der Waals surface area (Å²) in [6, 6.07) is 8.98. The molecule has 4 rings (SSSR count). The van der Waals surface area contributed by atoms with E-state index in [1.165, 1.54) is 107 Å². The Labute approximate surface area is 317 Å². The first-order valence-corrected chi connectivity index (χ1v) is 20.6.